The summed E-state index contributed by atoms with van der Waals surface area (Å²) in [6, 6.07) is 5.76. The fourth-order valence-corrected chi connectivity index (χ4v) is 2.18. The minimum absolute atomic E-state index is 0.716. The zero-order chi connectivity index (χ0) is 11.8. The van der Waals surface area contributed by atoms with E-state index >= 15 is 0 Å². The molecule has 0 fully saturated rings. The zero-order valence-electron chi connectivity index (χ0n) is 9.50. The standard InChI is InChI=1S/C12H13ClN4/c1-14-5-4-9-7-17-11-3-2-8(13)6-10(11)16-12(17)15-9/h2-3,6-7,14H,4-5H2,1H3,(H,15,16). The van der Waals surface area contributed by atoms with Crippen molar-refractivity contribution < 1.29 is 0 Å². The van der Waals surface area contributed by atoms with Gasteiger partial charge >= 0.3 is 0 Å². The Morgan fingerprint density at radius 3 is 3.18 bits per heavy atom. The van der Waals surface area contributed by atoms with Crippen LogP contribution in [-0.2, 0) is 6.42 Å². The van der Waals surface area contributed by atoms with Gasteiger partial charge in [-0.25, -0.2) is 4.98 Å². The smallest absolute Gasteiger partial charge is 0.212 e. The normalized spacial score (nSPS) is 11.6. The van der Waals surface area contributed by atoms with E-state index in [2.05, 4.69) is 25.9 Å². The molecule has 0 aliphatic rings. The molecule has 0 atom stereocenters. The topological polar surface area (TPSA) is 45.1 Å². The Hall–Kier alpha value is -1.52. The van der Waals surface area contributed by atoms with Crippen LogP contribution in [0.15, 0.2) is 24.4 Å². The van der Waals surface area contributed by atoms with E-state index in [9.17, 15) is 0 Å². The molecule has 0 aliphatic heterocycles. The average Bonchev–Trinajstić information content (AvgIpc) is 2.82. The quantitative estimate of drug-likeness (QED) is 0.747. The predicted molar refractivity (Wildman–Crippen MR) is 69.7 cm³/mol. The Balaban J connectivity index is 2.11. The minimum atomic E-state index is 0.716. The lowest BCUT2D eigenvalue weighted by Crippen LogP contribution is -2.10. The highest BCUT2D eigenvalue weighted by Gasteiger charge is 2.07. The van der Waals surface area contributed by atoms with Gasteiger partial charge in [-0.2, -0.15) is 0 Å². The molecule has 0 saturated carbocycles. The summed E-state index contributed by atoms with van der Waals surface area (Å²) in [6.07, 6.45) is 3.06. The van der Waals surface area contributed by atoms with Crippen molar-refractivity contribution in [3.8, 4) is 0 Å². The molecule has 1 aromatic carbocycles. The molecule has 0 spiro atoms. The van der Waals surface area contributed by atoms with Gasteiger partial charge in [0.25, 0.3) is 0 Å². The summed E-state index contributed by atoms with van der Waals surface area (Å²) in [5.74, 6) is 0.869. The molecule has 3 aromatic rings. The number of likely N-dealkylation sites (N-methyl/N-ethyl adjacent to an activating group) is 1. The first-order chi connectivity index (χ1) is 8.28. The second-order valence-electron chi connectivity index (χ2n) is 4.07. The van der Waals surface area contributed by atoms with E-state index in [1.54, 1.807) is 0 Å². The highest BCUT2D eigenvalue weighted by atomic mass is 35.5. The van der Waals surface area contributed by atoms with Crippen molar-refractivity contribution in [3.63, 3.8) is 0 Å². The van der Waals surface area contributed by atoms with Crippen LogP contribution in [0, 0.1) is 0 Å². The molecule has 2 heterocycles. The first-order valence-corrected chi connectivity index (χ1v) is 5.95. The number of nitrogens with zero attached hydrogens (tertiary/aromatic N) is 2. The maximum absolute atomic E-state index is 5.95. The summed E-state index contributed by atoms with van der Waals surface area (Å²) in [5, 5.41) is 3.85. The second kappa shape index (κ2) is 4.05. The number of aromatic amines is 1. The van der Waals surface area contributed by atoms with Gasteiger partial charge in [-0.1, -0.05) is 11.6 Å². The summed E-state index contributed by atoms with van der Waals surface area (Å²) in [7, 11) is 1.95. The van der Waals surface area contributed by atoms with Gasteiger partial charge in [-0.3, -0.25) is 4.40 Å². The van der Waals surface area contributed by atoms with Gasteiger partial charge in [0.15, 0.2) is 0 Å². The zero-order valence-corrected chi connectivity index (χ0v) is 10.3. The number of halogens is 1. The molecule has 0 saturated heterocycles. The number of benzene rings is 1. The van der Waals surface area contributed by atoms with Gasteiger partial charge in [0, 0.05) is 29.9 Å². The third-order valence-corrected chi connectivity index (χ3v) is 3.09. The first kappa shape index (κ1) is 10.6. The van der Waals surface area contributed by atoms with Crippen molar-refractivity contribution in [2.45, 2.75) is 6.42 Å². The number of hydrogen-bond donors (Lipinski definition) is 2. The lowest BCUT2D eigenvalue weighted by Gasteiger charge is -1.95. The van der Waals surface area contributed by atoms with Gasteiger partial charge in [-0.15, -0.1) is 0 Å². The largest absolute Gasteiger partial charge is 0.327 e. The molecule has 0 amide bonds. The molecule has 4 nitrogen and oxygen atoms in total. The van der Waals surface area contributed by atoms with Crippen LogP contribution in [0.4, 0.5) is 0 Å². The summed E-state index contributed by atoms with van der Waals surface area (Å²) in [4.78, 5) is 7.82. The molecule has 88 valence electrons. The summed E-state index contributed by atoms with van der Waals surface area (Å²) in [6.45, 7) is 0.952. The SMILES string of the molecule is CNCCc1cn2c(nc3cc(Cl)ccc32)[nH]1. The van der Waals surface area contributed by atoms with Gasteiger partial charge in [0.2, 0.25) is 5.78 Å². The predicted octanol–water partition coefficient (Wildman–Crippen LogP) is 2.23. The lowest BCUT2D eigenvalue weighted by molar-refractivity contribution is 0.780. The van der Waals surface area contributed by atoms with E-state index < -0.39 is 0 Å². The van der Waals surface area contributed by atoms with Crippen LogP contribution in [0.2, 0.25) is 5.02 Å². The Labute approximate surface area is 104 Å². The maximum Gasteiger partial charge on any atom is 0.212 e. The third kappa shape index (κ3) is 1.79. The minimum Gasteiger partial charge on any atom is -0.327 e. The van der Waals surface area contributed by atoms with Crippen LogP contribution in [0.25, 0.3) is 16.8 Å². The molecule has 0 aliphatic carbocycles. The first-order valence-electron chi connectivity index (χ1n) is 5.58. The molecule has 2 aromatic heterocycles. The number of hydrogen-bond acceptors (Lipinski definition) is 2. The van der Waals surface area contributed by atoms with Crippen molar-refractivity contribution in [2.24, 2.45) is 0 Å². The van der Waals surface area contributed by atoms with Crippen LogP contribution < -0.4 is 5.32 Å². The number of fused-ring (bicyclic) bond motifs is 3. The molecular weight excluding hydrogens is 236 g/mol. The van der Waals surface area contributed by atoms with Crippen molar-refractivity contribution >= 4 is 28.4 Å². The van der Waals surface area contributed by atoms with E-state index in [-0.39, 0.29) is 0 Å². The highest BCUT2D eigenvalue weighted by molar-refractivity contribution is 6.31. The summed E-state index contributed by atoms with van der Waals surface area (Å²) in [5.41, 5.74) is 3.18. The second-order valence-corrected chi connectivity index (χ2v) is 4.51. The molecule has 0 radical (unpaired) electrons. The molecule has 5 heteroatoms. The number of H-pyrrole nitrogens is 1. The van der Waals surface area contributed by atoms with E-state index in [4.69, 9.17) is 11.6 Å². The van der Waals surface area contributed by atoms with Crippen molar-refractivity contribution in [3.05, 3.63) is 35.1 Å². The number of rotatable bonds is 3. The van der Waals surface area contributed by atoms with Crippen LogP contribution >= 0.6 is 11.6 Å². The Morgan fingerprint density at radius 1 is 1.47 bits per heavy atom. The van der Waals surface area contributed by atoms with Gasteiger partial charge in [0.05, 0.1) is 11.0 Å². The molecule has 0 unspecified atom stereocenters. The van der Waals surface area contributed by atoms with Gasteiger partial charge < -0.3 is 10.3 Å². The number of nitrogens with one attached hydrogen (secondary N) is 2. The fraction of sp³-hybridized carbons (Fsp3) is 0.250. The van der Waals surface area contributed by atoms with Crippen LogP contribution in [0.1, 0.15) is 5.69 Å². The molecule has 0 bridgehead atoms. The van der Waals surface area contributed by atoms with Crippen LogP contribution in [0.3, 0.4) is 0 Å². The monoisotopic (exact) mass is 248 g/mol. The van der Waals surface area contributed by atoms with E-state index in [0.29, 0.717) is 5.02 Å². The maximum atomic E-state index is 5.95. The Kier molecular flexibility index (Phi) is 2.53. The fourth-order valence-electron chi connectivity index (χ4n) is 2.01. The summed E-state index contributed by atoms with van der Waals surface area (Å²) >= 11 is 5.95. The highest BCUT2D eigenvalue weighted by Crippen LogP contribution is 2.20. The van der Waals surface area contributed by atoms with E-state index in [0.717, 1.165) is 29.8 Å². The van der Waals surface area contributed by atoms with E-state index in [1.807, 2.05) is 25.2 Å². The molecular formula is C12H13ClN4. The Morgan fingerprint density at radius 2 is 2.35 bits per heavy atom. The van der Waals surface area contributed by atoms with Crippen LogP contribution in [-0.4, -0.2) is 28.0 Å². The third-order valence-electron chi connectivity index (χ3n) is 2.85. The average molecular weight is 249 g/mol. The van der Waals surface area contributed by atoms with E-state index in [1.165, 1.54) is 5.69 Å². The van der Waals surface area contributed by atoms with Crippen molar-refractivity contribution in [1.29, 1.82) is 0 Å². The number of imidazole rings is 2. The van der Waals surface area contributed by atoms with Crippen molar-refractivity contribution in [2.75, 3.05) is 13.6 Å². The molecule has 3 rings (SSSR count). The van der Waals surface area contributed by atoms with Crippen LogP contribution in [0.5, 0.6) is 0 Å². The lowest BCUT2D eigenvalue weighted by atomic mass is 10.3. The molecule has 17 heavy (non-hydrogen) atoms. The summed E-state index contributed by atoms with van der Waals surface area (Å²) < 4.78 is 2.07. The van der Waals surface area contributed by atoms with Crippen molar-refractivity contribution in [1.82, 2.24) is 19.7 Å². The number of aromatic nitrogens is 3. The molecule has 2 N–H and O–H groups in total. The van der Waals surface area contributed by atoms with Gasteiger partial charge in [0.1, 0.15) is 0 Å². The van der Waals surface area contributed by atoms with Gasteiger partial charge in [-0.05, 0) is 25.2 Å². The Bertz CT molecular complexity index is 668.